The highest BCUT2D eigenvalue weighted by atomic mass is 79.9. The molecule has 2 heteroatoms. The quantitative estimate of drug-likeness (QED) is 0.727. The van der Waals surface area contributed by atoms with Gasteiger partial charge in [-0.3, -0.25) is 4.99 Å². The van der Waals surface area contributed by atoms with Gasteiger partial charge in [0.2, 0.25) is 0 Å². The van der Waals surface area contributed by atoms with Crippen LogP contribution < -0.4 is 0 Å². The maximum atomic E-state index is 3.99. The molecule has 0 aliphatic heterocycles. The number of rotatable bonds is 3. The molecule has 0 fully saturated rings. The van der Waals surface area contributed by atoms with Gasteiger partial charge < -0.3 is 0 Å². The van der Waals surface area contributed by atoms with Gasteiger partial charge in [-0.2, -0.15) is 0 Å². The number of benzene rings is 1. The van der Waals surface area contributed by atoms with E-state index in [1.54, 1.807) is 13.3 Å². The van der Waals surface area contributed by atoms with Crippen molar-refractivity contribution in [3.63, 3.8) is 0 Å². The van der Waals surface area contributed by atoms with Gasteiger partial charge in [-0.25, -0.2) is 0 Å². The average molecular weight is 252 g/mol. The minimum atomic E-state index is 0.969. The van der Waals surface area contributed by atoms with Crippen LogP contribution in [0.25, 0.3) is 5.57 Å². The zero-order valence-corrected chi connectivity index (χ0v) is 10.1. The van der Waals surface area contributed by atoms with Gasteiger partial charge in [0.1, 0.15) is 0 Å². The summed E-state index contributed by atoms with van der Waals surface area (Å²) in [6.45, 7) is 6.13. The topological polar surface area (TPSA) is 12.4 Å². The lowest BCUT2D eigenvalue weighted by molar-refractivity contribution is 1.13. The molecule has 74 valence electrons. The number of aryl methyl sites for hydroxylation is 1. The fraction of sp³-hybridized carbons (Fsp3) is 0.250. The molecule has 0 N–H and O–H groups in total. The van der Waals surface area contributed by atoms with Crippen LogP contribution in [0.4, 0.5) is 0 Å². The number of aliphatic imine (C=N–C) groups is 1. The summed E-state index contributed by atoms with van der Waals surface area (Å²) >= 11 is 3.46. The Morgan fingerprint density at radius 3 is 2.86 bits per heavy atom. The summed E-state index contributed by atoms with van der Waals surface area (Å²) < 4.78 is 1.11. The Kier molecular flexibility index (Phi) is 4.08. The van der Waals surface area contributed by atoms with E-state index in [9.17, 15) is 0 Å². The molecule has 0 heterocycles. The second kappa shape index (κ2) is 5.11. The number of hydrogen-bond donors (Lipinski definition) is 0. The van der Waals surface area contributed by atoms with E-state index in [0.29, 0.717) is 0 Å². The van der Waals surface area contributed by atoms with Gasteiger partial charge in [-0.05, 0) is 35.3 Å². The largest absolute Gasteiger partial charge is 0.296 e. The lowest BCUT2D eigenvalue weighted by Gasteiger charge is -2.07. The highest BCUT2D eigenvalue weighted by Crippen LogP contribution is 2.21. The van der Waals surface area contributed by atoms with Crippen molar-refractivity contribution < 1.29 is 0 Å². The zero-order chi connectivity index (χ0) is 10.6. The molecule has 0 spiro atoms. The summed E-state index contributed by atoms with van der Waals surface area (Å²) in [5.41, 5.74) is 3.45. The number of hydrogen-bond acceptors (Lipinski definition) is 1. The van der Waals surface area contributed by atoms with E-state index in [2.05, 4.69) is 46.6 Å². The van der Waals surface area contributed by atoms with Crippen molar-refractivity contribution in [2.45, 2.75) is 13.3 Å². The number of halogens is 1. The Morgan fingerprint density at radius 1 is 1.57 bits per heavy atom. The van der Waals surface area contributed by atoms with Crippen molar-refractivity contribution in [3.05, 3.63) is 40.4 Å². The Labute approximate surface area is 93.7 Å². The summed E-state index contributed by atoms with van der Waals surface area (Å²) in [7, 11) is 1.76. The van der Waals surface area contributed by atoms with Crippen molar-refractivity contribution in [2.75, 3.05) is 7.05 Å². The first-order valence-electron chi connectivity index (χ1n) is 4.59. The lowest BCUT2D eigenvalue weighted by Crippen LogP contribution is -1.92. The Balaban J connectivity index is 3.13. The minimum Gasteiger partial charge on any atom is -0.296 e. The summed E-state index contributed by atoms with van der Waals surface area (Å²) in [6, 6.07) is 6.24. The third kappa shape index (κ3) is 2.55. The molecule has 0 bridgehead atoms. The van der Waals surface area contributed by atoms with Crippen LogP contribution >= 0.6 is 15.9 Å². The lowest BCUT2D eigenvalue weighted by atomic mass is 10.00. The predicted molar refractivity (Wildman–Crippen MR) is 67.0 cm³/mol. The summed E-state index contributed by atoms with van der Waals surface area (Å²) in [5.74, 6) is 0. The molecule has 1 aromatic carbocycles. The van der Waals surface area contributed by atoms with Crippen molar-refractivity contribution in [1.29, 1.82) is 0 Å². The van der Waals surface area contributed by atoms with Gasteiger partial charge in [-0.1, -0.05) is 35.5 Å². The van der Waals surface area contributed by atoms with E-state index in [4.69, 9.17) is 0 Å². The molecule has 1 rings (SSSR count). The fourth-order valence-corrected chi connectivity index (χ4v) is 1.80. The van der Waals surface area contributed by atoms with E-state index in [0.717, 1.165) is 16.5 Å². The van der Waals surface area contributed by atoms with Crippen LogP contribution in [-0.2, 0) is 6.42 Å². The first-order chi connectivity index (χ1) is 6.69. The highest BCUT2D eigenvalue weighted by Gasteiger charge is 2.03. The van der Waals surface area contributed by atoms with Crippen molar-refractivity contribution >= 4 is 27.7 Å². The third-order valence-electron chi connectivity index (χ3n) is 2.08. The van der Waals surface area contributed by atoms with Crippen LogP contribution in [0.15, 0.2) is 34.2 Å². The standard InChI is InChI=1S/C12H14BrN/c1-4-10-7-11(13)5-6-12(10)9(2)8-14-3/h5-8H,2,4H2,1,3H3. The van der Waals surface area contributed by atoms with Crippen LogP contribution in [0.2, 0.25) is 0 Å². The molecule has 1 aromatic rings. The van der Waals surface area contributed by atoms with E-state index in [1.807, 2.05) is 6.07 Å². The molecule has 0 saturated heterocycles. The maximum Gasteiger partial charge on any atom is 0.0281 e. The maximum absolute atomic E-state index is 3.99. The molecule has 0 unspecified atom stereocenters. The van der Waals surface area contributed by atoms with E-state index >= 15 is 0 Å². The second-order valence-corrected chi connectivity index (χ2v) is 3.98. The van der Waals surface area contributed by atoms with Gasteiger partial charge in [0.15, 0.2) is 0 Å². The molecule has 0 radical (unpaired) electrons. The molecule has 1 nitrogen and oxygen atoms in total. The smallest absolute Gasteiger partial charge is 0.0281 e. The molecular weight excluding hydrogens is 238 g/mol. The van der Waals surface area contributed by atoms with E-state index in [-0.39, 0.29) is 0 Å². The van der Waals surface area contributed by atoms with Gasteiger partial charge in [0.25, 0.3) is 0 Å². The fourth-order valence-electron chi connectivity index (χ4n) is 1.39. The van der Waals surface area contributed by atoms with Crippen LogP contribution in [-0.4, -0.2) is 13.3 Å². The first-order valence-corrected chi connectivity index (χ1v) is 5.38. The molecule has 0 saturated carbocycles. The molecule has 14 heavy (non-hydrogen) atoms. The van der Waals surface area contributed by atoms with E-state index < -0.39 is 0 Å². The van der Waals surface area contributed by atoms with Gasteiger partial charge in [0, 0.05) is 17.7 Å². The molecule has 0 amide bonds. The number of nitrogens with zero attached hydrogens (tertiary/aromatic N) is 1. The normalized spacial score (nSPS) is 10.8. The molecular formula is C12H14BrN. The summed E-state index contributed by atoms with van der Waals surface area (Å²) in [6.07, 6.45) is 2.80. The van der Waals surface area contributed by atoms with E-state index in [1.165, 1.54) is 11.1 Å². The Morgan fingerprint density at radius 2 is 2.29 bits per heavy atom. The summed E-state index contributed by atoms with van der Waals surface area (Å²) in [5, 5.41) is 0. The molecule has 0 aliphatic rings. The van der Waals surface area contributed by atoms with Gasteiger partial charge in [0.05, 0.1) is 0 Å². The van der Waals surface area contributed by atoms with Crippen molar-refractivity contribution in [1.82, 2.24) is 0 Å². The van der Waals surface area contributed by atoms with Gasteiger partial charge in [-0.15, -0.1) is 0 Å². The molecule has 0 aliphatic carbocycles. The second-order valence-electron chi connectivity index (χ2n) is 3.07. The molecule has 0 atom stereocenters. The molecule has 0 aromatic heterocycles. The average Bonchev–Trinajstić information content (AvgIpc) is 2.17. The van der Waals surface area contributed by atoms with Crippen molar-refractivity contribution in [3.8, 4) is 0 Å². The zero-order valence-electron chi connectivity index (χ0n) is 8.55. The SMILES string of the molecule is C=C(C=NC)c1ccc(Br)cc1CC. The first kappa shape index (κ1) is 11.2. The van der Waals surface area contributed by atoms with Crippen molar-refractivity contribution in [2.24, 2.45) is 4.99 Å². The Bertz CT molecular complexity index is 367. The minimum absolute atomic E-state index is 0.969. The van der Waals surface area contributed by atoms with Gasteiger partial charge >= 0.3 is 0 Å². The van der Waals surface area contributed by atoms with Crippen LogP contribution in [0.1, 0.15) is 18.1 Å². The number of allylic oxidation sites excluding steroid dienone is 1. The highest BCUT2D eigenvalue weighted by molar-refractivity contribution is 9.10. The summed E-state index contributed by atoms with van der Waals surface area (Å²) in [4.78, 5) is 3.97. The Hall–Kier alpha value is -0.890. The van der Waals surface area contributed by atoms with Crippen LogP contribution in [0.5, 0.6) is 0 Å². The van der Waals surface area contributed by atoms with Crippen LogP contribution in [0, 0.1) is 0 Å². The van der Waals surface area contributed by atoms with Crippen LogP contribution in [0.3, 0.4) is 0 Å². The predicted octanol–water partition coefficient (Wildman–Crippen LogP) is 3.73. The monoisotopic (exact) mass is 251 g/mol. The third-order valence-corrected chi connectivity index (χ3v) is 2.57.